The monoisotopic (exact) mass is 449 g/mol. The molecule has 0 spiro atoms. The van der Waals surface area contributed by atoms with Crippen molar-refractivity contribution in [3.63, 3.8) is 0 Å². The first kappa shape index (κ1) is 17.5. The van der Waals surface area contributed by atoms with E-state index in [-0.39, 0.29) is 5.70 Å². The summed E-state index contributed by atoms with van der Waals surface area (Å²) >= 11 is 2.20. The summed E-state index contributed by atoms with van der Waals surface area (Å²) in [6, 6.07) is 13.1. The highest BCUT2D eigenvalue weighted by Crippen LogP contribution is 2.29. The number of nitrogens with zero attached hydrogens (tertiary/aromatic N) is 1. The number of carbonyl (C=O) groups is 1. The molecule has 0 saturated heterocycles. The standard InChI is InChI=1S/C19H16INO4/c1-3-24-16-8-7-12(10-17(16)23-2)9-15-19(22)25-18(21-15)13-5-4-6-14(20)11-13/h4-11H,3H2,1-2H3/b15-9-. The largest absolute Gasteiger partial charge is 0.493 e. The number of hydrogen-bond donors (Lipinski definition) is 0. The Kier molecular flexibility index (Phi) is 5.37. The van der Waals surface area contributed by atoms with E-state index in [0.29, 0.717) is 24.0 Å². The van der Waals surface area contributed by atoms with Gasteiger partial charge in [-0.15, -0.1) is 0 Å². The summed E-state index contributed by atoms with van der Waals surface area (Å²) < 4.78 is 17.2. The van der Waals surface area contributed by atoms with Gasteiger partial charge < -0.3 is 14.2 Å². The molecule has 0 aliphatic carbocycles. The van der Waals surface area contributed by atoms with Gasteiger partial charge in [-0.2, -0.15) is 0 Å². The van der Waals surface area contributed by atoms with Gasteiger partial charge in [0.2, 0.25) is 5.90 Å². The molecule has 1 heterocycles. The molecule has 0 atom stereocenters. The van der Waals surface area contributed by atoms with Crippen LogP contribution in [0.2, 0.25) is 0 Å². The van der Waals surface area contributed by atoms with Crippen LogP contribution in [0.3, 0.4) is 0 Å². The molecule has 25 heavy (non-hydrogen) atoms. The predicted octanol–water partition coefficient (Wildman–Crippen LogP) is 4.04. The van der Waals surface area contributed by atoms with Crippen molar-refractivity contribution < 1.29 is 19.0 Å². The van der Waals surface area contributed by atoms with Crippen LogP contribution in [0.4, 0.5) is 0 Å². The van der Waals surface area contributed by atoms with Crippen LogP contribution < -0.4 is 9.47 Å². The second kappa shape index (κ2) is 7.69. The second-order valence-electron chi connectivity index (χ2n) is 5.19. The Bertz CT molecular complexity index is 873. The van der Waals surface area contributed by atoms with E-state index in [4.69, 9.17) is 14.2 Å². The van der Waals surface area contributed by atoms with Gasteiger partial charge in [0.15, 0.2) is 17.2 Å². The van der Waals surface area contributed by atoms with Crippen molar-refractivity contribution >= 4 is 40.5 Å². The Morgan fingerprint density at radius 1 is 1.20 bits per heavy atom. The molecule has 0 fully saturated rings. The van der Waals surface area contributed by atoms with Crippen LogP contribution in [0.1, 0.15) is 18.1 Å². The van der Waals surface area contributed by atoms with Crippen molar-refractivity contribution in [1.82, 2.24) is 0 Å². The maximum absolute atomic E-state index is 12.1. The number of hydrogen-bond acceptors (Lipinski definition) is 5. The van der Waals surface area contributed by atoms with E-state index < -0.39 is 5.97 Å². The molecule has 0 amide bonds. The number of cyclic esters (lactones) is 1. The molecule has 0 radical (unpaired) electrons. The van der Waals surface area contributed by atoms with Crippen LogP contribution >= 0.6 is 22.6 Å². The number of esters is 1. The molecule has 1 aliphatic rings. The third-order valence-electron chi connectivity index (χ3n) is 3.48. The molecule has 2 aromatic carbocycles. The summed E-state index contributed by atoms with van der Waals surface area (Å²) in [6.07, 6.45) is 1.67. The fraction of sp³-hybridized carbons (Fsp3) is 0.158. The molecule has 0 unspecified atom stereocenters. The van der Waals surface area contributed by atoms with E-state index in [9.17, 15) is 4.79 Å². The summed E-state index contributed by atoms with van der Waals surface area (Å²) in [5, 5.41) is 0. The van der Waals surface area contributed by atoms with Gasteiger partial charge in [0.1, 0.15) is 0 Å². The highest BCUT2D eigenvalue weighted by atomic mass is 127. The van der Waals surface area contributed by atoms with E-state index >= 15 is 0 Å². The van der Waals surface area contributed by atoms with Crippen LogP contribution in [-0.4, -0.2) is 25.6 Å². The SMILES string of the molecule is CCOc1ccc(/C=C2\N=C(c3cccc(I)c3)OC2=O)cc1OC. The van der Waals surface area contributed by atoms with Gasteiger partial charge >= 0.3 is 5.97 Å². The number of rotatable bonds is 5. The van der Waals surface area contributed by atoms with Crippen LogP contribution in [-0.2, 0) is 9.53 Å². The summed E-state index contributed by atoms with van der Waals surface area (Å²) in [4.78, 5) is 16.4. The zero-order valence-electron chi connectivity index (χ0n) is 13.8. The van der Waals surface area contributed by atoms with E-state index in [1.165, 1.54) is 0 Å². The fourth-order valence-electron chi connectivity index (χ4n) is 2.36. The Labute approximate surface area is 159 Å². The summed E-state index contributed by atoms with van der Waals surface area (Å²) in [7, 11) is 1.58. The normalized spacial score (nSPS) is 15.1. The third-order valence-corrected chi connectivity index (χ3v) is 4.15. The van der Waals surface area contributed by atoms with E-state index in [2.05, 4.69) is 27.6 Å². The fourth-order valence-corrected chi connectivity index (χ4v) is 2.90. The lowest BCUT2D eigenvalue weighted by Gasteiger charge is -2.09. The van der Waals surface area contributed by atoms with Gasteiger partial charge in [-0.1, -0.05) is 12.1 Å². The molecule has 6 heteroatoms. The highest BCUT2D eigenvalue weighted by molar-refractivity contribution is 14.1. The predicted molar refractivity (Wildman–Crippen MR) is 104 cm³/mol. The molecule has 2 aromatic rings. The van der Waals surface area contributed by atoms with E-state index in [1.54, 1.807) is 25.3 Å². The van der Waals surface area contributed by atoms with Gasteiger partial charge in [-0.05, 0) is 71.5 Å². The Hall–Kier alpha value is -2.35. The molecule has 0 saturated carbocycles. The molecule has 3 rings (SSSR count). The molecular formula is C19H16INO4. The van der Waals surface area contributed by atoms with Gasteiger partial charge in [-0.25, -0.2) is 9.79 Å². The lowest BCUT2D eigenvalue weighted by molar-refractivity contribution is -0.129. The smallest absolute Gasteiger partial charge is 0.363 e. The van der Waals surface area contributed by atoms with Crippen molar-refractivity contribution in [3.05, 3.63) is 62.9 Å². The summed E-state index contributed by atoms with van der Waals surface area (Å²) in [5.41, 5.74) is 1.80. The minimum Gasteiger partial charge on any atom is -0.493 e. The highest BCUT2D eigenvalue weighted by Gasteiger charge is 2.24. The molecule has 1 aliphatic heterocycles. The van der Waals surface area contributed by atoms with Gasteiger partial charge in [0, 0.05) is 9.13 Å². The van der Waals surface area contributed by atoms with Crippen LogP contribution in [0.5, 0.6) is 11.5 Å². The maximum atomic E-state index is 12.1. The Morgan fingerprint density at radius 3 is 2.76 bits per heavy atom. The van der Waals surface area contributed by atoms with Gasteiger partial charge in [0.05, 0.1) is 13.7 Å². The first-order valence-corrected chi connectivity index (χ1v) is 8.78. The number of ether oxygens (including phenoxy) is 3. The topological polar surface area (TPSA) is 57.1 Å². The summed E-state index contributed by atoms with van der Waals surface area (Å²) in [5.74, 6) is 1.10. The van der Waals surface area contributed by atoms with Crippen LogP contribution in [0.25, 0.3) is 6.08 Å². The van der Waals surface area contributed by atoms with Gasteiger partial charge in [0.25, 0.3) is 0 Å². The van der Waals surface area contributed by atoms with Gasteiger partial charge in [-0.3, -0.25) is 0 Å². The van der Waals surface area contributed by atoms with Crippen molar-refractivity contribution in [2.75, 3.05) is 13.7 Å². The average Bonchev–Trinajstić information content (AvgIpc) is 2.97. The van der Waals surface area contributed by atoms with Crippen molar-refractivity contribution in [2.45, 2.75) is 6.92 Å². The lowest BCUT2D eigenvalue weighted by atomic mass is 10.1. The quantitative estimate of drug-likeness (QED) is 0.393. The number of methoxy groups -OCH3 is 1. The van der Waals surface area contributed by atoms with Crippen LogP contribution in [0, 0.1) is 3.57 Å². The third kappa shape index (κ3) is 4.01. The number of aliphatic imine (C=N–C) groups is 1. The minimum atomic E-state index is -0.471. The first-order chi connectivity index (χ1) is 12.1. The summed E-state index contributed by atoms with van der Waals surface area (Å²) in [6.45, 7) is 2.46. The molecule has 0 aromatic heterocycles. The Balaban J connectivity index is 1.91. The molecule has 0 bridgehead atoms. The van der Waals surface area contributed by atoms with Crippen molar-refractivity contribution in [1.29, 1.82) is 0 Å². The maximum Gasteiger partial charge on any atom is 0.363 e. The van der Waals surface area contributed by atoms with Crippen LogP contribution in [0.15, 0.2) is 53.2 Å². The zero-order chi connectivity index (χ0) is 17.8. The number of carbonyl (C=O) groups excluding carboxylic acids is 1. The average molecular weight is 449 g/mol. The molecular weight excluding hydrogens is 433 g/mol. The zero-order valence-corrected chi connectivity index (χ0v) is 15.9. The molecule has 128 valence electrons. The molecule has 5 nitrogen and oxygen atoms in total. The number of benzene rings is 2. The first-order valence-electron chi connectivity index (χ1n) is 7.70. The van der Waals surface area contributed by atoms with E-state index in [1.807, 2.05) is 37.3 Å². The van der Waals surface area contributed by atoms with Crippen molar-refractivity contribution in [2.24, 2.45) is 4.99 Å². The van der Waals surface area contributed by atoms with E-state index in [0.717, 1.165) is 14.7 Å². The van der Waals surface area contributed by atoms with Crippen molar-refractivity contribution in [3.8, 4) is 11.5 Å². The molecule has 0 N–H and O–H groups in total. The number of halogens is 1. The lowest BCUT2D eigenvalue weighted by Crippen LogP contribution is -2.05. The Morgan fingerprint density at radius 2 is 2.04 bits per heavy atom. The second-order valence-corrected chi connectivity index (χ2v) is 6.44. The minimum absolute atomic E-state index is 0.250.